The first-order valence-electron chi connectivity index (χ1n) is 9.32. The van der Waals surface area contributed by atoms with Gasteiger partial charge in [-0.1, -0.05) is 6.07 Å². The van der Waals surface area contributed by atoms with Crippen LogP contribution in [0.4, 0.5) is 0 Å². The molecule has 1 fully saturated rings. The molecule has 156 valence electrons. The first kappa shape index (κ1) is 23.1. The zero-order valence-corrected chi connectivity index (χ0v) is 18.3. The second-order valence-corrected chi connectivity index (χ2v) is 7.24. The van der Waals surface area contributed by atoms with Crippen molar-refractivity contribution in [3.63, 3.8) is 0 Å². The average Bonchev–Trinajstić information content (AvgIpc) is 3.11. The smallest absolute Gasteiger partial charge is 0.255 e. The van der Waals surface area contributed by atoms with Gasteiger partial charge < -0.3 is 10.2 Å². The fourth-order valence-corrected chi connectivity index (χ4v) is 3.67. The Morgan fingerprint density at radius 2 is 2.07 bits per heavy atom. The number of rotatable bonds is 3. The van der Waals surface area contributed by atoms with Gasteiger partial charge in [-0.15, -0.1) is 24.8 Å². The SMILES string of the molecule is Cc1cc(C(=O)N2CCNCC2c2cccnc2)c2cnn(C(C)C)c2n1.Cl.Cl. The van der Waals surface area contributed by atoms with Crippen LogP contribution in [-0.4, -0.2) is 50.2 Å². The number of fused-ring (bicyclic) bond motifs is 1. The molecule has 7 nitrogen and oxygen atoms in total. The van der Waals surface area contributed by atoms with Crippen molar-refractivity contribution in [2.45, 2.75) is 32.9 Å². The summed E-state index contributed by atoms with van der Waals surface area (Å²) in [4.78, 5) is 24.3. The van der Waals surface area contributed by atoms with E-state index in [1.54, 1.807) is 12.4 Å². The molecular weight excluding hydrogens is 411 g/mol. The third-order valence-corrected chi connectivity index (χ3v) is 4.99. The first-order valence-corrected chi connectivity index (χ1v) is 9.32. The number of aromatic nitrogens is 4. The van der Waals surface area contributed by atoms with Crippen molar-refractivity contribution in [2.24, 2.45) is 0 Å². The lowest BCUT2D eigenvalue weighted by Gasteiger charge is -2.36. The molecule has 1 aliphatic heterocycles. The topological polar surface area (TPSA) is 75.9 Å². The number of piperazine rings is 1. The van der Waals surface area contributed by atoms with Crippen LogP contribution in [0.2, 0.25) is 0 Å². The zero-order valence-electron chi connectivity index (χ0n) is 16.7. The van der Waals surface area contributed by atoms with E-state index in [0.29, 0.717) is 12.1 Å². The summed E-state index contributed by atoms with van der Waals surface area (Å²) in [6.07, 6.45) is 5.35. The number of aryl methyl sites for hydroxylation is 1. The van der Waals surface area contributed by atoms with Crippen molar-refractivity contribution in [1.82, 2.24) is 30.0 Å². The molecule has 1 saturated heterocycles. The van der Waals surface area contributed by atoms with Gasteiger partial charge in [0, 0.05) is 43.8 Å². The third-order valence-electron chi connectivity index (χ3n) is 4.99. The fraction of sp³-hybridized carbons (Fsp3) is 0.400. The molecule has 4 heterocycles. The number of carbonyl (C=O) groups is 1. The van der Waals surface area contributed by atoms with E-state index in [1.807, 2.05) is 40.9 Å². The van der Waals surface area contributed by atoms with Crippen LogP contribution in [0.15, 0.2) is 36.8 Å². The molecule has 0 aromatic carbocycles. The molecule has 9 heteroatoms. The molecule has 1 atom stereocenters. The summed E-state index contributed by atoms with van der Waals surface area (Å²) in [7, 11) is 0. The number of pyridine rings is 2. The minimum absolute atomic E-state index is 0. The Labute approximate surface area is 182 Å². The molecule has 0 aliphatic carbocycles. The van der Waals surface area contributed by atoms with Gasteiger partial charge >= 0.3 is 0 Å². The maximum absolute atomic E-state index is 13.5. The first-order chi connectivity index (χ1) is 13.1. The summed E-state index contributed by atoms with van der Waals surface area (Å²) >= 11 is 0. The van der Waals surface area contributed by atoms with E-state index in [-0.39, 0.29) is 42.8 Å². The van der Waals surface area contributed by atoms with Crippen LogP contribution in [0.5, 0.6) is 0 Å². The van der Waals surface area contributed by atoms with Crippen LogP contribution in [0.3, 0.4) is 0 Å². The lowest BCUT2D eigenvalue weighted by atomic mass is 10.0. The fourth-order valence-electron chi connectivity index (χ4n) is 3.67. The highest BCUT2D eigenvalue weighted by Gasteiger charge is 2.30. The van der Waals surface area contributed by atoms with E-state index in [9.17, 15) is 4.79 Å². The number of amides is 1. The quantitative estimate of drug-likeness (QED) is 0.680. The lowest BCUT2D eigenvalue weighted by molar-refractivity contribution is 0.0636. The second kappa shape index (κ2) is 9.52. The molecule has 0 spiro atoms. The molecule has 29 heavy (non-hydrogen) atoms. The zero-order chi connectivity index (χ0) is 19.0. The van der Waals surface area contributed by atoms with E-state index in [0.717, 1.165) is 35.4 Å². The molecule has 1 N–H and O–H groups in total. The summed E-state index contributed by atoms with van der Waals surface area (Å²) < 4.78 is 1.87. The number of hydrogen-bond donors (Lipinski definition) is 1. The van der Waals surface area contributed by atoms with Crippen LogP contribution >= 0.6 is 24.8 Å². The summed E-state index contributed by atoms with van der Waals surface area (Å²) in [6, 6.07) is 5.95. The highest BCUT2D eigenvalue weighted by molar-refractivity contribution is 6.05. The summed E-state index contributed by atoms with van der Waals surface area (Å²) in [5, 5.41) is 8.66. The van der Waals surface area contributed by atoms with Gasteiger partial charge in [0.05, 0.1) is 23.2 Å². The Balaban J connectivity index is 0.00000150. The van der Waals surface area contributed by atoms with Gasteiger partial charge in [0.15, 0.2) is 5.65 Å². The Morgan fingerprint density at radius 1 is 1.28 bits per heavy atom. The number of carbonyl (C=O) groups excluding carboxylic acids is 1. The molecule has 0 radical (unpaired) electrons. The molecule has 4 rings (SSSR count). The Bertz CT molecular complexity index is 976. The standard InChI is InChI=1S/C20H24N6O.2ClH/c1-13(2)26-19-17(11-23-26)16(9-14(3)24-19)20(27)25-8-7-22-12-18(25)15-5-4-6-21-10-15;;/h4-6,9-11,13,18,22H,7-8,12H2,1-3H3;2*1H. The summed E-state index contributed by atoms with van der Waals surface area (Å²) in [6.45, 7) is 8.19. The maximum atomic E-state index is 13.5. The molecule has 3 aromatic rings. The molecule has 0 saturated carbocycles. The van der Waals surface area contributed by atoms with Gasteiger partial charge in [0.2, 0.25) is 0 Å². The van der Waals surface area contributed by atoms with Crippen molar-refractivity contribution >= 4 is 41.8 Å². The third kappa shape index (κ3) is 4.37. The minimum atomic E-state index is -0.0383. The van der Waals surface area contributed by atoms with Crippen LogP contribution in [0.25, 0.3) is 11.0 Å². The van der Waals surface area contributed by atoms with E-state index in [4.69, 9.17) is 0 Å². The van der Waals surface area contributed by atoms with E-state index in [2.05, 4.69) is 34.2 Å². The van der Waals surface area contributed by atoms with Crippen molar-refractivity contribution < 1.29 is 4.79 Å². The normalized spacial score (nSPS) is 16.4. The van der Waals surface area contributed by atoms with Gasteiger partial charge in [-0.25, -0.2) is 9.67 Å². The molecule has 1 aliphatic rings. The predicted octanol–water partition coefficient (Wildman–Crippen LogP) is 3.35. The molecule has 0 bridgehead atoms. The minimum Gasteiger partial charge on any atom is -0.329 e. The van der Waals surface area contributed by atoms with E-state index in [1.165, 1.54) is 0 Å². The molecular formula is C20H26Cl2N6O. The average molecular weight is 437 g/mol. The van der Waals surface area contributed by atoms with Gasteiger partial charge in [-0.3, -0.25) is 9.78 Å². The largest absolute Gasteiger partial charge is 0.329 e. The predicted molar refractivity (Wildman–Crippen MR) is 118 cm³/mol. The van der Waals surface area contributed by atoms with Gasteiger partial charge in [-0.2, -0.15) is 5.10 Å². The molecule has 1 amide bonds. The molecule has 1 unspecified atom stereocenters. The van der Waals surface area contributed by atoms with Crippen molar-refractivity contribution in [3.8, 4) is 0 Å². The monoisotopic (exact) mass is 436 g/mol. The Kier molecular flexibility index (Phi) is 7.57. The summed E-state index contributed by atoms with van der Waals surface area (Å²) in [5.41, 5.74) is 3.29. The van der Waals surface area contributed by atoms with Crippen LogP contribution < -0.4 is 5.32 Å². The Hall–Kier alpha value is -2.22. The van der Waals surface area contributed by atoms with E-state index < -0.39 is 0 Å². The van der Waals surface area contributed by atoms with Gasteiger partial charge in [-0.05, 0) is 38.5 Å². The van der Waals surface area contributed by atoms with Gasteiger partial charge in [0.1, 0.15) is 0 Å². The highest BCUT2D eigenvalue weighted by Crippen LogP contribution is 2.27. The number of halogens is 2. The number of hydrogen-bond acceptors (Lipinski definition) is 5. The maximum Gasteiger partial charge on any atom is 0.255 e. The van der Waals surface area contributed by atoms with Crippen molar-refractivity contribution in [1.29, 1.82) is 0 Å². The second-order valence-electron chi connectivity index (χ2n) is 7.24. The van der Waals surface area contributed by atoms with Crippen LogP contribution in [-0.2, 0) is 0 Å². The van der Waals surface area contributed by atoms with Crippen molar-refractivity contribution in [2.75, 3.05) is 19.6 Å². The number of nitrogens with zero attached hydrogens (tertiary/aromatic N) is 5. The van der Waals surface area contributed by atoms with Crippen LogP contribution in [0.1, 0.15) is 47.5 Å². The molecule has 3 aromatic heterocycles. The lowest BCUT2D eigenvalue weighted by Crippen LogP contribution is -2.48. The Morgan fingerprint density at radius 3 is 2.76 bits per heavy atom. The van der Waals surface area contributed by atoms with E-state index >= 15 is 0 Å². The van der Waals surface area contributed by atoms with Crippen molar-refractivity contribution in [3.05, 3.63) is 53.6 Å². The van der Waals surface area contributed by atoms with Gasteiger partial charge in [0.25, 0.3) is 5.91 Å². The number of nitrogens with one attached hydrogen (secondary N) is 1. The highest BCUT2D eigenvalue weighted by atomic mass is 35.5. The van der Waals surface area contributed by atoms with Crippen LogP contribution in [0, 0.1) is 6.92 Å². The summed E-state index contributed by atoms with van der Waals surface area (Å²) in [5.74, 6) is 0.0177.